The molecule has 1 aliphatic rings. The Morgan fingerprint density at radius 2 is 1.82 bits per heavy atom. The number of fused-ring (bicyclic) bond motifs is 1. The van der Waals surface area contributed by atoms with Gasteiger partial charge in [0.15, 0.2) is 0 Å². The van der Waals surface area contributed by atoms with Gasteiger partial charge in [-0.2, -0.15) is 0 Å². The van der Waals surface area contributed by atoms with Crippen LogP contribution in [0.5, 0.6) is 5.75 Å². The molecule has 178 valence electrons. The monoisotopic (exact) mass is 465 g/mol. The lowest BCUT2D eigenvalue weighted by Crippen LogP contribution is -2.44. The van der Waals surface area contributed by atoms with E-state index < -0.39 is 17.7 Å². The molecule has 1 atom stereocenters. The van der Waals surface area contributed by atoms with Crippen molar-refractivity contribution in [3.63, 3.8) is 0 Å². The Hall–Kier alpha value is -3.65. The number of esters is 1. The summed E-state index contributed by atoms with van der Waals surface area (Å²) in [5, 5.41) is 0.772. The van der Waals surface area contributed by atoms with E-state index in [-0.39, 0.29) is 18.7 Å². The van der Waals surface area contributed by atoms with Crippen LogP contribution in [0.1, 0.15) is 29.2 Å². The van der Waals surface area contributed by atoms with Gasteiger partial charge in [-0.1, -0.05) is 30.3 Å². The largest absolute Gasteiger partial charge is 0.497 e. The second-order valence-electron chi connectivity index (χ2n) is 8.07. The molecule has 2 aromatic carbocycles. The molecule has 0 bridgehead atoms. The molecule has 1 amide bonds. The SMILES string of the molecule is COc1ccc2c(C)c(CCC(=O)O[C@@H](C(=O)N3CCOCC3)c3ccccc3)c(=O)oc2c1. The number of aryl methyl sites for hydroxylation is 1. The van der Waals surface area contributed by atoms with Gasteiger partial charge in [0.05, 0.1) is 20.3 Å². The van der Waals surface area contributed by atoms with Crippen LogP contribution in [0.3, 0.4) is 0 Å². The van der Waals surface area contributed by atoms with Crippen molar-refractivity contribution in [1.29, 1.82) is 0 Å². The maximum atomic E-state index is 13.1. The second kappa shape index (κ2) is 10.5. The summed E-state index contributed by atoms with van der Waals surface area (Å²) in [6.45, 7) is 3.61. The van der Waals surface area contributed by atoms with E-state index in [9.17, 15) is 14.4 Å². The molecule has 4 rings (SSSR count). The van der Waals surface area contributed by atoms with E-state index in [1.165, 1.54) is 0 Å². The number of ether oxygens (including phenoxy) is 3. The molecule has 34 heavy (non-hydrogen) atoms. The van der Waals surface area contributed by atoms with E-state index in [1.54, 1.807) is 48.4 Å². The predicted molar refractivity (Wildman–Crippen MR) is 125 cm³/mol. The van der Waals surface area contributed by atoms with Gasteiger partial charge in [-0.25, -0.2) is 4.79 Å². The summed E-state index contributed by atoms with van der Waals surface area (Å²) in [5.74, 6) is -0.259. The smallest absolute Gasteiger partial charge is 0.339 e. The Morgan fingerprint density at radius 1 is 1.09 bits per heavy atom. The first kappa shape index (κ1) is 23.5. The van der Waals surface area contributed by atoms with E-state index >= 15 is 0 Å². The first-order valence-corrected chi connectivity index (χ1v) is 11.2. The normalized spacial score (nSPS) is 14.6. The van der Waals surface area contributed by atoms with Gasteiger partial charge in [-0.15, -0.1) is 0 Å². The summed E-state index contributed by atoms with van der Waals surface area (Å²) in [5.41, 5.74) is 1.67. The third-order valence-electron chi connectivity index (χ3n) is 5.97. The van der Waals surface area contributed by atoms with E-state index in [2.05, 4.69) is 0 Å². The summed E-state index contributed by atoms with van der Waals surface area (Å²) in [6.07, 6.45) is -0.969. The summed E-state index contributed by atoms with van der Waals surface area (Å²) in [7, 11) is 1.54. The van der Waals surface area contributed by atoms with Crippen molar-refractivity contribution in [3.8, 4) is 5.75 Å². The van der Waals surface area contributed by atoms with Gasteiger partial charge >= 0.3 is 11.6 Å². The predicted octanol–water partition coefficient (Wildman–Crippen LogP) is 3.19. The van der Waals surface area contributed by atoms with Gasteiger partial charge in [0.1, 0.15) is 11.3 Å². The van der Waals surface area contributed by atoms with Crippen LogP contribution in [-0.4, -0.2) is 50.2 Å². The van der Waals surface area contributed by atoms with Gasteiger partial charge in [0, 0.05) is 42.1 Å². The fraction of sp³-hybridized carbons (Fsp3) is 0.346. The van der Waals surface area contributed by atoms with Crippen LogP contribution in [-0.2, 0) is 25.5 Å². The Morgan fingerprint density at radius 3 is 2.53 bits per heavy atom. The molecule has 0 N–H and O–H groups in total. The summed E-state index contributed by atoms with van der Waals surface area (Å²) < 4.78 is 21.6. The van der Waals surface area contributed by atoms with E-state index in [0.717, 1.165) is 10.9 Å². The van der Waals surface area contributed by atoms with Gasteiger partial charge in [0.25, 0.3) is 5.91 Å². The molecule has 8 heteroatoms. The average molecular weight is 466 g/mol. The third-order valence-corrected chi connectivity index (χ3v) is 5.97. The fourth-order valence-electron chi connectivity index (χ4n) is 4.05. The van der Waals surface area contributed by atoms with E-state index in [4.69, 9.17) is 18.6 Å². The number of methoxy groups -OCH3 is 1. The quantitative estimate of drug-likeness (QED) is 0.391. The van der Waals surface area contributed by atoms with Crippen LogP contribution in [0.2, 0.25) is 0 Å². The molecule has 1 fully saturated rings. The summed E-state index contributed by atoms with van der Waals surface area (Å²) in [4.78, 5) is 40.2. The number of carbonyl (C=O) groups is 2. The van der Waals surface area contributed by atoms with Crippen molar-refractivity contribution in [2.45, 2.75) is 25.9 Å². The Bertz CT molecular complexity index is 1230. The second-order valence-corrected chi connectivity index (χ2v) is 8.07. The molecule has 3 aromatic rings. The molecule has 1 aromatic heterocycles. The molecule has 1 aliphatic heterocycles. The number of nitrogens with zero attached hydrogens (tertiary/aromatic N) is 1. The zero-order chi connectivity index (χ0) is 24.1. The first-order chi connectivity index (χ1) is 16.5. The van der Waals surface area contributed by atoms with Gasteiger partial charge in [0.2, 0.25) is 6.10 Å². The van der Waals surface area contributed by atoms with Crippen molar-refractivity contribution < 1.29 is 28.2 Å². The number of morpholine rings is 1. The van der Waals surface area contributed by atoms with Crippen molar-refractivity contribution in [2.75, 3.05) is 33.4 Å². The number of benzene rings is 2. The van der Waals surface area contributed by atoms with Crippen molar-refractivity contribution in [3.05, 3.63) is 75.6 Å². The zero-order valence-electron chi connectivity index (χ0n) is 19.2. The van der Waals surface area contributed by atoms with Crippen molar-refractivity contribution in [2.24, 2.45) is 0 Å². The maximum Gasteiger partial charge on any atom is 0.339 e. The minimum atomic E-state index is -1.05. The maximum absolute atomic E-state index is 13.1. The summed E-state index contributed by atoms with van der Waals surface area (Å²) in [6, 6.07) is 14.2. The standard InChI is InChI=1S/C26H27NO7/c1-17-20-9-8-19(31-2)16-22(20)33-26(30)21(17)10-11-23(28)34-24(18-6-4-3-5-7-18)25(29)27-12-14-32-15-13-27/h3-9,16,24H,10-15H2,1-2H3/t24-/m1/s1. The van der Waals surface area contributed by atoms with Crippen LogP contribution >= 0.6 is 0 Å². The van der Waals surface area contributed by atoms with Gasteiger partial charge in [-0.05, 0) is 31.0 Å². The molecule has 0 unspecified atom stereocenters. The van der Waals surface area contributed by atoms with Gasteiger partial charge in [-0.3, -0.25) is 9.59 Å². The van der Waals surface area contributed by atoms with Gasteiger partial charge < -0.3 is 23.5 Å². The zero-order valence-corrected chi connectivity index (χ0v) is 19.2. The lowest BCUT2D eigenvalue weighted by Gasteiger charge is -2.30. The molecular formula is C26H27NO7. The molecule has 8 nitrogen and oxygen atoms in total. The highest BCUT2D eigenvalue weighted by molar-refractivity contribution is 5.85. The van der Waals surface area contributed by atoms with Crippen LogP contribution in [0, 0.1) is 6.92 Å². The minimum absolute atomic E-state index is 0.0625. The minimum Gasteiger partial charge on any atom is -0.497 e. The number of hydrogen-bond donors (Lipinski definition) is 0. The van der Waals surface area contributed by atoms with Crippen LogP contribution < -0.4 is 10.4 Å². The molecule has 0 radical (unpaired) electrons. The number of rotatable bonds is 7. The highest BCUT2D eigenvalue weighted by Gasteiger charge is 2.30. The lowest BCUT2D eigenvalue weighted by atomic mass is 10.0. The number of hydrogen-bond acceptors (Lipinski definition) is 7. The highest BCUT2D eigenvalue weighted by atomic mass is 16.5. The van der Waals surface area contributed by atoms with Crippen molar-refractivity contribution >= 4 is 22.8 Å². The molecule has 0 aliphatic carbocycles. The number of amides is 1. The molecule has 0 saturated carbocycles. The first-order valence-electron chi connectivity index (χ1n) is 11.2. The number of carbonyl (C=O) groups excluding carboxylic acids is 2. The van der Waals surface area contributed by atoms with E-state index in [0.29, 0.717) is 48.8 Å². The molecule has 1 saturated heterocycles. The molecular weight excluding hydrogens is 438 g/mol. The Balaban J connectivity index is 1.50. The summed E-state index contributed by atoms with van der Waals surface area (Å²) >= 11 is 0. The lowest BCUT2D eigenvalue weighted by molar-refractivity contribution is -0.162. The molecule has 2 heterocycles. The third kappa shape index (κ3) is 5.12. The Labute approximate surface area is 197 Å². The molecule has 0 spiro atoms. The fourth-order valence-corrected chi connectivity index (χ4v) is 4.05. The topological polar surface area (TPSA) is 95.3 Å². The van der Waals surface area contributed by atoms with Crippen LogP contribution in [0.15, 0.2) is 57.7 Å². The van der Waals surface area contributed by atoms with Crippen LogP contribution in [0.25, 0.3) is 11.0 Å². The average Bonchev–Trinajstić information content (AvgIpc) is 2.87. The van der Waals surface area contributed by atoms with E-state index in [1.807, 2.05) is 19.1 Å². The Kier molecular flexibility index (Phi) is 7.27. The highest BCUT2D eigenvalue weighted by Crippen LogP contribution is 2.25. The van der Waals surface area contributed by atoms with Crippen molar-refractivity contribution in [1.82, 2.24) is 4.90 Å². The van der Waals surface area contributed by atoms with Crippen LogP contribution in [0.4, 0.5) is 0 Å².